The second-order valence-corrected chi connectivity index (χ2v) is 5.10. The molecule has 0 saturated carbocycles. The van der Waals surface area contributed by atoms with Crippen LogP contribution in [-0.2, 0) is 19.1 Å². The normalized spacial score (nSPS) is 35.6. The first kappa shape index (κ1) is 16.7. The summed E-state index contributed by atoms with van der Waals surface area (Å²) in [5.74, 6) is -0.945. The van der Waals surface area contributed by atoms with E-state index in [1.165, 1.54) is 6.08 Å². The fraction of sp³-hybridized carbons (Fsp3) is 0.714. The highest BCUT2D eigenvalue weighted by molar-refractivity contribution is 5.82. The summed E-state index contributed by atoms with van der Waals surface area (Å²) in [5, 5.41) is 19.5. The highest BCUT2D eigenvalue weighted by Gasteiger charge is 2.22. The third kappa shape index (κ3) is 6.16. The number of carbonyl (C=O) groups is 2. The topological polar surface area (TPSA) is 93.1 Å². The average molecular weight is 286 g/mol. The van der Waals surface area contributed by atoms with Crippen LogP contribution in [0.5, 0.6) is 0 Å². The van der Waals surface area contributed by atoms with Gasteiger partial charge in [-0.15, -0.1) is 0 Å². The Morgan fingerprint density at radius 3 is 2.50 bits per heavy atom. The largest absolute Gasteiger partial charge is 0.462 e. The summed E-state index contributed by atoms with van der Waals surface area (Å²) in [6.45, 7) is 3.36. The van der Waals surface area contributed by atoms with Crippen molar-refractivity contribution >= 4 is 11.9 Å². The molecule has 0 aromatic heterocycles. The van der Waals surface area contributed by atoms with E-state index in [1.807, 2.05) is 0 Å². The third-order valence-corrected chi connectivity index (χ3v) is 3.03. The van der Waals surface area contributed by atoms with Crippen molar-refractivity contribution in [3.63, 3.8) is 0 Å². The molecule has 0 aromatic carbocycles. The van der Waals surface area contributed by atoms with E-state index in [0.717, 1.165) is 0 Å². The Hall–Kier alpha value is -1.40. The van der Waals surface area contributed by atoms with Gasteiger partial charge in [-0.25, -0.2) is 4.79 Å². The fourth-order valence-corrected chi connectivity index (χ4v) is 1.93. The molecule has 0 spiro atoms. The molecule has 0 unspecified atom stereocenters. The minimum absolute atomic E-state index is 0.0421. The molecule has 0 fully saturated rings. The predicted octanol–water partition coefficient (Wildman–Crippen LogP) is 0.702. The average Bonchev–Trinajstić information content (AvgIpc) is 2.34. The van der Waals surface area contributed by atoms with Gasteiger partial charge in [-0.3, -0.25) is 4.79 Å². The van der Waals surface area contributed by atoms with Gasteiger partial charge in [0.25, 0.3) is 0 Å². The maximum atomic E-state index is 11.5. The zero-order chi connectivity index (χ0) is 15.1. The molecule has 0 saturated heterocycles. The van der Waals surface area contributed by atoms with Crippen LogP contribution in [0, 0.1) is 0 Å². The summed E-state index contributed by atoms with van der Waals surface area (Å²) in [7, 11) is 0. The molecular formula is C14H22O6. The molecule has 1 heterocycles. The number of carbonyl (C=O) groups excluding carboxylic acids is 2. The van der Waals surface area contributed by atoms with Crippen molar-refractivity contribution in [1.29, 1.82) is 0 Å². The molecule has 4 atom stereocenters. The van der Waals surface area contributed by atoms with Crippen LogP contribution in [0.2, 0.25) is 0 Å². The van der Waals surface area contributed by atoms with E-state index in [1.54, 1.807) is 19.9 Å². The van der Waals surface area contributed by atoms with Crippen molar-refractivity contribution in [2.24, 2.45) is 0 Å². The predicted molar refractivity (Wildman–Crippen MR) is 70.7 cm³/mol. The molecule has 1 rings (SSSR count). The van der Waals surface area contributed by atoms with E-state index in [4.69, 9.17) is 9.47 Å². The van der Waals surface area contributed by atoms with E-state index in [0.29, 0.717) is 6.42 Å². The summed E-state index contributed by atoms with van der Waals surface area (Å²) in [6.07, 6.45) is 0.598. The van der Waals surface area contributed by atoms with Crippen LogP contribution >= 0.6 is 0 Å². The van der Waals surface area contributed by atoms with E-state index >= 15 is 0 Å². The zero-order valence-electron chi connectivity index (χ0n) is 11.8. The standard InChI is InChI=1S/C14H22O6/c1-9-4-3-5-13(17)20-10(2)8-12(16)11(15)6-7-14(18)19-9/h3,5,9-12,15-16H,4,6-8H2,1-2H3/b5-3-/t9-,10-,11-,12-/m1/s1. The molecule has 0 bridgehead atoms. The lowest BCUT2D eigenvalue weighted by Gasteiger charge is -2.21. The Morgan fingerprint density at radius 2 is 1.80 bits per heavy atom. The van der Waals surface area contributed by atoms with Crippen molar-refractivity contribution < 1.29 is 29.3 Å². The second-order valence-electron chi connectivity index (χ2n) is 5.10. The van der Waals surface area contributed by atoms with Gasteiger partial charge < -0.3 is 19.7 Å². The van der Waals surface area contributed by atoms with Gasteiger partial charge in [-0.1, -0.05) is 6.08 Å². The molecule has 0 amide bonds. The van der Waals surface area contributed by atoms with Crippen LogP contribution in [0.15, 0.2) is 12.2 Å². The Morgan fingerprint density at radius 1 is 1.10 bits per heavy atom. The molecule has 0 aliphatic carbocycles. The van der Waals surface area contributed by atoms with Crippen LogP contribution in [0.1, 0.15) is 39.5 Å². The number of cyclic esters (lactones) is 2. The van der Waals surface area contributed by atoms with Crippen molar-refractivity contribution in [3.05, 3.63) is 12.2 Å². The summed E-state index contributed by atoms with van der Waals surface area (Å²) < 4.78 is 10.2. The number of aliphatic hydroxyl groups is 2. The van der Waals surface area contributed by atoms with Gasteiger partial charge in [0, 0.05) is 25.3 Å². The Balaban J connectivity index is 2.70. The third-order valence-electron chi connectivity index (χ3n) is 3.03. The van der Waals surface area contributed by atoms with Gasteiger partial charge >= 0.3 is 11.9 Å². The molecule has 6 nitrogen and oxygen atoms in total. The van der Waals surface area contributed by atoms with Crippen LogP contribution in [0.4, 0.5) is 0 Å². The number of aliphatic hydroxyl groups excluding tert-OH is 2. The number of hydrogen-bond donors (Lipinski definition) is 2. The van der Waals surface area contributed by atoms with Crippen LogP contribution < -0.4 is 0 Å². The highest BCUT2D eigenvalue weighted by Crippen LogP contribution is 2.13. The number of ether oxygens (including phenoxy) is 2. The summed E-state index contributed by atoms with van der Waals surface area (Å²) in [5.41, 5.74) is 0. The first-order chi connectivity index (χ1) is 9.38. The van der Waals surface area contributed by atoms with Crippen molar-refractivity contribution in [3.8, 4) is 0 Å². The van der Waals surface area contributed by atoms with E-state index in [2.05, 4.69) is 0 Å². The minimum Gasteiger partial charge on any atom is -0.462 e. The summed E-state index contributed by atoms with van der Waals surface area (Å²) in [6, 6.07) is 0. The molecule has 20 heavy (non-hydrogen) atoms. The smallest absolute Gasteiger partial charge is 0.330 e. The minimum atomic E-state index is -1.05. The number of rotatable bonds is 0. The maximum absolute atomic E-state index is 11.5. The van der Waals surface area contributed by atoms with Crippen LogP contribution in [0.3, 0.4) is 0 Å². The van der Waals surface area contributed by atoms with Gasteiger partial charge in [0.05, 0.1) is 12.2 Å². The van der Waals surface area contributed by atoms with Crippen LogP contribution in [0.25, 0.3) is 0 Å². The molecule has 0 radical (unpaired) electrons. The van der Waals surface area contributed by atoms with Gasteiger partial charge in [-0.05, 0) is 20.3 Å². The first-order valence-electron chi connectivity index (χ1n) is 6.81. The second kappa shape index (κ2) is 8.01. The lowest BCUT2D eigenvalue weighted by molar-refractivity contribution is -0.149. The van der Waals surface area contributed by atoms with E-state index < -0.39 is 30.3 Å². The molecule has 1 aliphatic heterocycles. The van der Waals surface area contributed by atoms with Gasteiger partial charge in [0.2, 0.25) is 0 Å². The zero-order valence-corrected chi connectivity index (χ0v) is 11.8. The molecular weight excluding hydrogens is 264 g/mol. The van der Waals surface area contributed by atoms with Gasteiger partial charge in [0.15, 0.2) is 0 Å². The molecule has 6 heteroatoms. The lowest BCUT2D eigenvalue weighted by Crippen LogP contribution is -2.31. The van der Waals surface area contributed by atoms with Gasteiger partial charge in [-0.2, -0.15) is 0 Å². The van der Waals surface area contributed by atoms with Crippen molar-refractivity contribution in [2.45, 2.75) is 63.9 Å². The Bertz CT molecular complexity index is 365. The molecule has 0 aromatic rings. The van der Waals surface area contributed by atoms with Crippen LogP contribution in [-0.4, -0.2) is 46.6 Å². The Kier molecular flexibility index (Phi) is 6.67. The Labute approximate surface area is 118 Å². The summed E-state index contributed by atoms with van der Waals surface area (Å²) >= 11 is 0. The first-order valence-corrected chi connectivity index (χ1v) is 6.81. The van der Waals surface area contributed by atoms with Gasteiger partial charge in [0.1, 0.15) is 12.2 Å². The SMILES string of the molecule is C[C@@H]1C[C@@H](O)[C@H](O)CCC(=O)O[C@H](C)C/C=C\C(=O)O1. The molecule has 1 aliphatic rings. The van der Waals surface area contributed by atoms with E-state index in [-0.39, 0.29) is 25.4 Å². The monoisotopic (exact) mass is 286 g/mol. The highest BCUT2D eigenvalue weighted by atomic mass is 16.5. The molecule has 2 N–H and O–H groups in total. The lowest BCUT2D eigenvalue weighted by atomic mass is 10.0. The summed E-state index contributed by atoms with van der Waals surface area (Å²) in [4.78, 5) is 23.0. The number of esters is 2. The van der Waals surface area contributed by atoms with Crippen molar-refractivity contribution in [1.82, 2.24) is 0 Å². The maximum Gasteiger partial charge on any atom is 0.330 e. The van der Waals surface area contributed by atoms with Crippen molar-refractivity contribution in [2.75, 3.05) is 0 Å². The quantitative estimate of drug-likeness (QED) is 0.637. The molecule has 114 valence electrons. The van der Waals surface area contributed by atoms with E-state index in [9.17, 15) is 19.8 Å². The fourth-order valence-electron chi connectivity index (χ4n) is 1.93. The number of hydrogen-bond acceptors (Lipinski definition) is 6.